The lowest BCUT2D eigenvalue weighted by Gasteiger charge is -2.33. The van der Waals surface area contributed by atoms with E-state index in [9.17, 15) is 14.4 Å². The zero-order valence-electron chi connectivity index (χ0n) is 22.1. The van der Waals surface area contributed by atoms with E-state index < -0.39 is 23.8 Å². The Kier molecular flexibility index (Phi) is 10.7. The summed E-state index contributed by atoms with van der Waals surface area (Å²) < 4.78 is 11.5. The highest BCUT2D eigenvalue weighted by Gasteiger charge is 2.37. The Morgan fingerprint density at radius 1 is 1.11 bits per heavy atom. The van der Waals surface area contributed by atoms with Crippen LogP contribution in [0.4, 0.5) is 0 Å². The zero-order chi connectivity index (χ0) is 26.8. The zero-order valence-corrected chi connectivity index (χ0v) is 22.9. The maximum Gasteiger partial charge on any atom is 0.326 e. The molecule has 0 bridgehead atoms. The summed E-state index contributed by atoms with van der Waals surface area (Å²) in [5.74, 6) is 0.175. The number of hydrogen-bond acceptors (Lipinski definition) is 7. The number of aldehydes is 1. The van der Waals surface area contributed by atoms with Gasteiger partial charge in [-0.25, -0.2) is 0 Å². The Hall–Kier alpha value is -2.68. The summed E-state index contributed by atoms with van der Waals surface area (Å²) in [4.78, 5) is 40.3. The largest absolute Gasteiger partial charge is 0.459 e. The molecule has 0 spiro atoms. The van der Waals surface area contributed by atoms with Crippen molar-refractivity contribution in [1.29, 1.82) is 0 Å². The average molecular weight is 527 g/mol. The topological polar surface area (TPSA) is 84.9 Å². The van der Waals surface area contributed by atoms with Crippen LogP contribution in [0.1, 0.15) is 57.2 Å². The van der Waals surface area contributed by atoms with E-state index in [0.29, 0.717) is 24.5 Å². The molecule has 1 fully saturated rings. The van der Waals surface area contributed by atoms with Crippen molar-refractivity contribution in [1.82, 2.24) is 10.2 Å². The molecule has 0 radical (unpaired) electrons. The highest BCUT2D eigenvalue weighted by atomic mass is 32.2. The van der Waals surface area contributed by atoms with Crippen LogP contribution in [0, 0.1) is 0 Å². The fourth-order valence-electron chi connectivity index (χ4n) is 4.40. The van der Waals surface area contributed by atoms with Gasteiger partial charge in [-0.15, -0.1) is 0 Å². The Morgan fingerprint density at radius 3 is 2.35 bits per heavy atom. The molecule has 1 N–H and O–H groups in total. The predicted octanol–water partition coefficient (Wildman–Crippen LogP) is 4.34. The third-order valence-corrected chi connectivity index (χ3v) is 7.16. The molecule has 3 rings (SSSR count). The van der Waals surface area contributed by atoms with Gasteiger partial charge in [0, 0.05) is 30.5 Å². The van der Waals surface area contributed by atoms with Crippen LogP contribution < -0.4 is 5.32 Å². The van der Waals surface area contributed by atoms with Crippen molar-refractivity contribution in [2.24, 2.45) is 0 Å². The molecule has 1 heterocycles. The average Bonchev–Trinajstić information content (AvgIpc) is 3.01. The molecule has 1 amide bonds. The lowest BCUT2D eigenvalue weighted by molar-refractivity contribution is -0.160. The first kappa shape index (κ1) is 28.9. The fraction of sp³-hybridized carbons (Fsp3) is 0.483. The molecule has 37 heavy (non-hydrogen) atoms. The second-order valence-corrected chi connectivity index (χ2v) is 11.1. The van der Waals surface area contributed by atoms with Crippen molar-refractivity contribution in [3.05, 3.63) is 71.8 Å². The Labute approximate surface area is 224 Å². The molecule has 2 aromatic carbocycles. The van der Waals surface area contributed by atoms with E-state index in [2.05, 4.69) is 5.32 Å². The minimum atomic E-state index is -0.651. The number of hydrogen-bond donors (Lipinski definition) is 1. The molecule has 0 aromatic heterocycles. The lowest BCUT2D eigenvalue weighted by atomic mass is 9.96. The second-order valence-electron chi connectivity index (χ2n) is 10.1. The van der Waals surface area contributed by atoms with Gasteiger partial charge in [-0.05, 0) is 38.8 Å². The summed E-state index contributed by atoms with van der Waals surface area (Å²) in [6.45, 7) is 7.61. The normalized spacial score (nSPS) is 20.1. The van der Waals surface area contributed by atoms with E-state index in [1.54, 1.807) is 16.7 Å². The number of rotatable bonds is 11. The molecule has 7 nitrogen and oxygen atoms in total. The Bertz CT molecular complexity index is 1010. The van der Waals surface area contributed by atoms with Crippen LogP contribution in [0.3, 0.4) is 0 Å². The van der Waals surface area contributed by atoms with E-state index in [4.69, 9.17) is 9.47 Å². The molecule has 1 saturated heterocycles. The maximum absolute atomic E-state index is 13.9. The quantitative estimate of drug-likeness (QED) is 0.265. The van der Waals surface area contributed by atoms with E-state index in [0.717, 1.165) is 17.4 Å². The summed E-state index contributed by atoms with van der Waals surface area (Å²) in [6, 6.07) is 18.5. The number of esters is 1. The van der Waals surface area contributed by atoms with Gasteiger partial charge in [0.15, 0.2) is 0 Å². The Morgan fingerprint density at radius 2 is 1.76 bits per heavy atom. The number of ether oxygens (including phenoxy) is 2. The molecule has 200 valence electrons. The molecule has 3 unspecified atom stereocenters. The van der Waals surface area contributed by atoms with Crippen LogP contribution in [0.2, 0.25) is 0 Å². The highest BCUT2D eigenvalue weighted by molar-refractivity contribution is 7.99. The molecule has 4 atom stereocenters. The molecule has 0 aliphatic carbocycles. The SMILES string of the molecule is CCOC(C[C@@H](C=O)c1ccccc1)NC1CSCC(c2ccccc2)N(CC(=O)OC(C)(C)C)C1=O. The molecule has 2 aromatic rings. The van der Waals surface area contributed by atoms with Crippen LogP contribution in [0.5, 0.6) is 0 Å². The summed E-state index contributed by atoms with van der Waals surface area (Å²) in [6.07, 6.45) is 0.809. The van der Waals surface area contributed by atoms with E-state index >= 15 is 0 Å². The molecule has 1 aliphatic heterocycles. The molecular weight excluding hydrogens is 488 g/mol. The minimum Gasteiger partial charge on any atom is -0.459 e. The fourth-order valence-corrected chi connectivity index (χ4v) is 5.60. The number of nitrogens with zero attached hydrogens (tertiary/aromatic N) is 1. The van der Waals surface area contributed by atoms with Gasteiger partial charge in [-0.2, -0.15) is 11.8 Å². The third kappa shape index (κ3) is 8.69. The second kappa shape index (κ2) is 13.7. The monoisotopic (exact) mass is 526 g/mol. The number of carbonyl (C=O) groups excluding carboxylic acids is 3. The van der Waals surface area contributed by atoms with Gasteiger partial charge in [0.2, 0.25) is 5.91 Å². The number of amides is 1. The highest BCUT2D eigenvalue weighted by Crippen LogP contribution is 2.30. The van der Waals surface area contributed by atoms with Gasteiger partial charge in [0.1, 0.15) is 24.7 Å². The first-order valence-corrected chi connectivity index (χ1v) is 13.9. The Balaban J connectivity index is 1.82. The molecule has 8 heteroatoms. The van der Waals surface area contributed by atoms with Gasteiger partial charge in [-0.3, -0.25) is 14.9 Å². The van der Waals surface area contributed by atoms with Crippen LogP contribution in [-0.2, 0) is 23.9 Å². The lowest BCUT2D eigenvalue weighted by Crippen LogP contribution is -2.53. The van der Waals surface area contributed by atoms with Crippen molar-refractivity contribution < 1.29 is 23.9 Å². The number of carbonyl (C=O) groups is 3. The van der Waals surface area contributed by atoms with E-state index in [1.807, 2.05) is 88.4 Å². The van der Waals surface area contributed by atoms with Crippen molar-refractivity contribution in [2.45, 2.75) is 63.9 Å². The van der Waals surface area contributed by atoms with Crippen molar-refractivity contribution >= 4 is 29.9 Å². The van der Waals surface area contributed by atoms with E-state index in [-0.39, 0.29) is 24.4 Å². The van der Waals surface area contributed by atoms with Gasteiger partial charge in [0.25, 0.3) is 0 Å². The smallest absolute Gasteiger partial charge is 0.326 e. The van der Waals surface area contributed by atoms with Crippen molar-refractivity contribution in [3.63, 3.8) is 0 Å². The molecular formula is C29H38N2O5S. The van der Waals surface area contributed by atoms with Gasteiger partial charge in [0.05, 0.1) is 12.1 Å². The van der Waals surface area contributed by atoms with Crippen LogP contribution in [0.25, 0.3) is 0 Å². The number of nitrogens with one attached hydrogen (secondary N) is 1. The molecule has 1 aliphatic rings. The maximum atomic E-state index is 13.9. The van der Waals surface area contributed by atoms with Crippen LogP contribution in [0.15, 0.2) is 60.7 Å². The number of benzene rings is 2. The first-order valence-electron chi connectivity index (χ1n) is 12.7. The van der Waals surface area contributed by atoms with Crippen LogP contribution >= 0.6 is 11.8 Å². The molecule has 0 saturated carbocycles. The summed E-state index contributed by atoms with van der Waals surface area (Å²) in [5, 5.41) is 3.36. The van der Waals surface area contributed by atoms with Gasteiger partial charge >= 0.3 is 5.97 Å². The standard InChI is InChI=1S/C29H38N2O5S/c1-5-35-26(16-23(18-32)21-12-8-6-9-13-21)30-24-19-37-20-25(22-14-10-7-11-15-22)31(28(24)34)17-27(33)36-29(2,3)4/h6-15,18,23-26,30H,5,16-17,19-20H2,1-4H3/t23-,24?,25?,26?/m0/s1. The summed E-state index contributed by atoms with van der Waals surface area (Å²) in [5.41, 5.74) is 1.22. The van der Waals surface area contributed by atoms with Crippen LogP contribution in [-0.4, -0.2) is 65.6 Å². The summed E-state index contributed by atoms with van der Waals surface area (Å²) in [7, 11) is 0. The van der Waals surface area contributed by atoms with Crippen molar-refractivity contribution in [3.8, 4) is 0 Å². The van der Waals surface area contributed by atoms with Gasteiger partial charge < -0.3 is 19.2 Å². The summed E-state index contributed by atoms with van der Waals surface area (Å²) >= 11 is 1.65. The number of thioether (sulfide) groups is 1. The van der Waals surface area contributed by atoms with E-state index in [1.165, 1.54) is 0 Å². The minimum absolute atomic E-state index is 0.144. The van der Waals surface area contributed by atoms with Crippen molar-refractivity contribution in [2.75, 3.05) is 24.7 Å². The third-order valence-electron chi connectivity index (χ3n) is 6.04. The predicted molar refractivity (Wildman–Crippen MR) is 146 cm³/mol. The first-order chi connectivity index (χ1) is 17.7. The van der Waals surface area contributed by atoms with Gasteiger partial charge in [-0.1, -0.05) is 60.7 Å².